The van der Waals surface area contributed by atoms with E-state index in [1.165, 1.54) is 31.2 Å². The Morgan fingerprint density at radius 1 is 1.16 bits per heavy atom. The molecule has 0 bridgehead atoms. The maximum atomic E-state index is 3.85. The Kier molecular flexibility index (Phi) is 4.35. The molecule has 106 valence electrons. The second-order valence-corrected chi connectivity index (χ2v) is 7.13. The van der Waals surface area contributed by atoms with Gasteiger partial charge in [-0.25, -0.2) is 0 Å². The van der Waals surface area contributed by atoms with Gasteiger partial charge in [-0.15, -0.1) is 0 Å². The predicted molar refractivity (Wildman–Crippen MR) is 83.5 cm³/mol. The first kappa shape index (κ1) is 14.6. The average molecular weight is 259 g/mol. The van der Waals surface area contributed by atoms with E-state index in [0.717, 1.165) is 6.54 Å². The lowest BCUT2D eigenvalue weighted by Gasteiger charge is -2.53. The van der Waals surface area contributed by atoms with E-state index in [1.54, 1.807) is 0 Å². The highest BCUT2D eigenvalue weighted by Crippen LogP contribution is 2.50. The summed E-state index contributed by atoms with van der Waals surface area (Å²) < 4.78 is 0. The molecule has 1 aliphatic carbocycles. The molecule has 0 spiro atoms. The Balaban J connectivity index is 2.31. The van der Waals surface area contributed by atoms with Crippen molar-refractivity contribution in [2.45, 2.75) is 64.8 Å². The van der Waals surface area contributed by atoms with Gasteiger partial charge in [-0.1, -0.05) is 64.4 Å². The van der Waals surface area contributed by atoms with Crippen LogP contribution in [-0.4, -0.2) is 12.6 Å². The fourth-order valence-electron chi connectivity index (χ4n) is 3.69. The van der Waals surface area contributed by atoms with Crippen LogP contribution in [0.5, 0.6) is 0 Å². The molecule has 1 aliphatic rings. The summed E-state index contributed by atoms with van der Waals surface area (Å²) in [7, 11) is 0. The van der Waals surface area contributed by atoms with Crippen LogP contribution in [0.1, 0.15) is 58.9 Å². The summed E-state index contributed by atoms with van der Waals surface area (Å²) in [6.07, 6.45) is 5.23. The van der Waals surface area contributed by atoms with Gasteiger partial charge in [0.25, 0.3) is 0 Å². The van der Waals surface area contributed by atoms with Gasteiger partial charge in [0.05, 0.1) is 0 Å². The van der Waals surface area contributed by atoms with Gasteiger partial charge in [0, 0.05) is 11.5 Å². The minimum Gasteiger partial charge on any atom is -0.313 e. The van der Waals surface area contributed by atoms with Crippen molar-refractivity contribution in [2.75, 3.05) is 6.54 Å². The van der Waals surface area contributed by atoms with Crippen molar-refractivity contribution in [2.24, 2.45) is 5.41 Å². The van der Waals surface area contributed by atoms with E-state index in [2.05, 4.69) is 63.3 Å². The number of rotatable bonds is 5. The Hall–Kier alpha value is -0.820. The maximum Gasteiger partial charge on any atom is 0.0212 e. The smallest absolute Gasteiger partial charge is 0.0212 e. The van der Waals surface area contributed by atoms with Crippen molar-refractivity contribution < 1.29 is 0 Å². The quantitative estimate of drug-likeness (QED) is 0.819. The van der Waals surface area contributed by atoms with Crippen LogP contribution < -0.4 is 5.32 Å². The van der Waals surface area contributed by atoms with E-state index in [0.29, 0.717) is 16.9 Å². The van der Waals surface area contributed by atoms with Gasteiger partial charge < -0.3 is 5.32 Å². The molecule has 1 atom stereocenters. The second-order valence-electron chi connectivity index (χ2n) is 7.13. The van der Waals surface area contributed by atoms with E-state index in [-0.39, 0.29) is 0 Å². The van der Waals surface area contributed by atoms with E-state index >= 15 is 0 Å². The molecule has 0 amide bonds. The van der Waals surface area contributed by atoms with Crippen LogP contribution in [0.3, 0.4) is 0 Å². The molecule has 1 fully saturated rings. The predicted octanol–water partition coefficient (Wildman–Crippen LogP) is 4.52. The lowest BCUT2D eigenvalue weighted by atomic mass is 9.55. The molecule has 1 N–H and O–H groups in total. The minimum atomic E-state index is 0.297. The minimum absolute atomic E-state index is 0.297. The van der Waals surface area contributed by atoms with E-state index in [9.17, 15) is 0 Å². The van der Waals surface area contributed by atoms with Crippen LogP contribution in [0.25, 0.3) is 0 Å². The third-order valence-corrected chi connectivity index (χ3v) is 4.61. The van der Waals surface area contributed by atoms with Crippen molar-refractivity contribution in [3.05, 3.63) is 35.9 Å². The summed E-state index contributed by atoms with van der Waals surface area (Å²) in [5, 5.41) is 3.85. The van der Waals surface area contributed by atoms with Crippen molar-refractivity contribution >= 4 is 0 Å². The van der Waals surface area contributed by atoms with E-state index < -0.39 is 0 Å². The van der Waals surface area contributed by atoms with E-state index in [4.69, 9.17) is 0 Å². The molecule has 1 aromatic rings. The zero-order chi connectivity index (χ0) is 13.9. The molecule has 2 rings (SSSR count). The Bertz CT molecular complexity index is 384. The fraction of sp³-hybridized carbons (Fsp3) is 0.667. The summed E-state index contributed by atoms with van der Waals surface area (Å²) in [6, 6.07) is 11.7. The third kappa shape index (κ3) is 2.86. The largest absolute Gasteiger partial charge is 0.313 e. The first-order valence-corrected chi connectivity index (χ1v) is 7.79. The summed E-state index contributed by atoms with van der Waals surface area (Å²) >= 11 is 0. The molecule has 0 saturated heterocycles. The Labute approximate surface area is 118 Å². The van der Waals surface area contributed by atoms with Crippen LogP contribution in [-0.2, 0) is 5.41 Å². The monoisotopic (exact) mass is 259 g/mol. The number of nitrogens with one attached hydrogen (secondary N) is 1. The zero-order valence-electron chi connectivity index (χ0n) is 13.0. The summed E-state index contributed by atoms with van der Waals surface area (Å²) in [6.45, 7) is 10.5. The first-order valence-electron chi connectivity index (χ1n) is 7.79. The number of hydrogen-bond donors (Lipinski definition) is 1. The molecule has 19 heavy (non-hydrogen) atoms. The summed E-state index contributed by atoms with van der Waals surface area (Å²) in [5.41, 5.74) is 2.19. The Morgan fingerprint density at radius 2 is 1.79 bits per heavy atom. The average Bonchev–Trinajstić information content (AvgIpc) is 2.32. The Morgan fingerprint density at radius 3 is 2.21 bits per heavy atom. The molecular weight excluding hydrogens is 230 g/mol. The molecular formula is C18H29N. The standard InChI is InChI=1S/C18H29N/c1-5-14-19-16(17(2,3)4)18(12-9-13-18)15-10-7-6-8-11-15/h6-8,10-11,16,19H,5,9,12-14H2,1-4H3. The molecule has 1 heteroatoms. The maximum absolute atomic E-state index is 3.85. The van der Waals surface area contributed by atoms with Gasteiger partial charge in [-0.2, -0.15) is 0 Å². The zero-order valence-corrected chi connectivity index (χ0v) is 13.0. The molecule has 0 heterocycles. The van der Waals surface area contributed by atoms with Gasteiger partial charge in [-0.3, -0.25) is 0 Å². The second kappa shape index (κ2) is 5.66. The lowest BCUT2D eigenvalue weighted by Crippen LogP contribution is -2.58. The first-order chi connectivity index (χ1) is 9.00. The van der Waals surface area contributed by atoms with Gasteiger partial charge >= 0.3 is 0 Å². The molecule has 0 aromatic heterocycles. The van der Waals surface area contributed by atoms with Gasteiger partial charge in [0.2, 0.25) is 0 Å². The van der Waals surface area contributed by atoms with Crippen LogP contribution >= 0.6 is 0 Å². The normalized spacial score (nSPS) is 19.8. The van der Waals surface area contributed by atoms with Crippen LogP contribution in [0.2, 0.25) is 0 Å². The SMILES string of the molecule is CCCNC(C(C)(C)C)C1(c2ccccc2)CCC1. The van der Waals surface area contributed by atoms with Crippen molar-refractivity contribution in [3.63, 3.8) is 0 Å². The highest BCUT2D eigenvalue weighted by Gasteiger charge is 2.49. The molecule has 1 unspecified atom stereocenters. The number of benzene rings is 1. The van der Waals surface area contributed by atoms with Gasteiger partial charge in [0.15, 0.2) is 0 Å². The fourth-order valence-corrected chi connectivity index (χ4v) is 3.69. The topological polar surface area (TPSA) is 12.0 Å². The highest BCUT2D eigenvalue weighted by molar-refractivity contribution is 5.31. The van der Waals surface area contributed by atoms with Crippen LogP contribution in [0.4, 0.5) is 0 Å². The lowest BCUT2D eigenvalue weighted by molar-refractivity contribution is 0.0894. The van der Waals surface area contributed by atoms with Gasteiger partial charge in [-0.05, 0) is 36.8 Å². The third-order valence-electron chi connectivity index (χ3n) is 4.61. The number of hydrogen-bond acceptors (Lipinski definition) is 1. The molecule has 1 saturated carbocycles. The summed E-state index contributed by atoms with van der Waals surface area (Å²) in [4.78, 5) is 0. The van der Waals surface area contributed by atoms with Crippen molar-refractivity contribution in [1.82, 2.24) is 5.32 Å². The molecule has 1 aromatic carbocycles. The van der Waals surface area contributed by atoms with Crippen LogP contribution in [0, 0.1) is 5.41 Å². The van der Waals surface area contributed by atoms with Crippen LogP contribution in [0.15, 0.2) is 30.3 Å². The van der Waals surface area contributed by atoms with Crippen molar-refractivity contribution in [3.8, 4) is 0 Å². The molecule has 0 aliphatic heterocycles. The van der Waals surface area contributed by atoms with Crippen molar-refractivity contribution in [1.29, 1.82) is 0 Å². The summed E-state index contributed by atoms with van der Waals surface area (Å²) in [5.74, 6) is 0. The molecule has 1 nitrogen and oxygen atoms in total. The van der Waals surface area contributed by atoms with E-state index in [1.807, 2.05) is 0 Å². The molecule has 0 radical (unpaired) electrons. The highest BCUT2D eigenvalue weighted by atomic mass is 15.0. The van der Waals surface area contributed by atoms with Gasteiger partial charge in [0.1, 0.15) is 0 Å².